The molecule has 0 radical (unpaired) electrons. The Balaban J connectivity index is 1.88. The van der Waals surface area contributed by atoms with E-state index in [-0.39, 0.29) is 11.5 Å². The van der Waals surface area contributed by atoms with Crippen molar-refractivity contribution in [1.29, 1.82) is 0 Å². The van der Waals surface area contributed by atoms with Crippen LogP contribution >= 0.6 is 15.9 Å². The van der Waals surface area contributed by atoms with Gasteiger partial charge in [-0.25, -0.2) is 0 Å². The van der Waals surface area contributed by atoms with Gasteiger partial charge in [0.25, 0.3) is 0 Å². The van der Waals surface area contributed by atoms with E-state index in [9.17, 15) is 10.2 Å². The first-order chi connectivity index (χ1) is 8.68. The lowest BCUT2D eigenvalue weighted by atomic mass is 10.1. The van der Waals surface area contributed by atoms with E-state index < -0.39 is 0 Å². The molecule has 1 saturated heterocycles. The van der Waals surface area contributed by atoms with Gasteiger partial charge in [0, 0.05) is 18.7 Å². The average Bonchev–Trinajstić information content (AvgIpc) is 2.39. The van der Waals surface area contributed by atoms with E-state index in [0.717, 1.165) is 51.3 Å². The van der Waals surface area contributed by atoms with Crippen LogP contribution in [0.25, 0.3) is 0 Å². The third-order valence-electron chi connectivity index (χ3n) is 3.20. The van der Waals surface area contributed by atoms with Gasteiger partial charge >= 0.3 is 0 Å². The van der Waals surface area contributed by atoms with Gasteiger partial charge < -0.3 is 14.9 Å². The van der Waals surface area contributed by atoms with Gasteiger partial charge in [0.15, 0.2) is 0 Å². The zero-order valence-corrected chi connectivity index (χ0v) is 11.8. The number of benzene rings is 1. The van der Waals surface area contributed by atoms with Crippen LogP contribution in [0.3, 0.4) is 0 Å². The van der Waals surface area contributed by atoms with E-state index in [1.54, 1.807) is 0 Å². The zero-order chi connectivity index (χ0) is 13.0. The number of hydrogen-bond donors (Lipinski definition) is 2. The molecule has 1 aliphatic rings. The van der Waals surface area contributed by atoms with Crippen LogP contribution in [-0.2, 0) is 11.2 Å². The standard InChI is InChI=1S/C13H18BrNO3/c14-13-10(11(16)3-4-12(13)17)2-1-5-15-6-8-18-9-7-15/h3-4,16-17H,1-2,5-9H2. The number of phenolic OH excluding ortho intramolecular Hbond substituents is 2. The maximum absolute atomic E-state index is 9.78. The summed E-state index contributed by atoms with van der Waals surface area (Å²) < 4.78 is 5.90. The van der Waals surface area contributed by atoms with Crippen molar-refractivity contribution in [2.75, 3.05) is 32.8 Å². The number of ether oxygens (including phenoxy) is 1. The molecule has 1 aliphatic heterocycles. The van der Waals surface area contributed by atoms with Crippen molar-refractivity contribution in [2.45, 2.75) is 12.8 Å². The fourth-order valence-electron chi connectivity index (χ4n) is 2.14. The minimum absolute atomic E-state index is 0.175. The highest BCUT2D eigenvalue weighted by molar-refractivity contribution is 9.10. The highest BCUT2D eigenvalue weighted by Crippen LogP contribution is 2.34. The fourth-order valence-corrected chi connectivity index (χ4v) is 2.67. The van der Waals surface area contributed by atoms with Gasteiger partial charge in [-0.1, -0.05) is 0 Å². The van der Waals surface area contributed by atoms with Gasteiger partial charge in [-0.3, -0.25) is 4.90 Å². The largest absolute Gasteiger partial charge is 0.508 e. The summed E-state index contributed by atoms with van der Waals surface area (Å²) in [6.07, 6.45) is 1.70. The molecule has 0 bridgehead atoms. The van der Waals surface area contributed by atoms with Crippen molar-refractivity contribution in [1.82, 2.24) is 4.90 Å². The van der Waals surface area contributed by atoms with E-state index in [1.165, 1.54) is 12.1 Å². The molecule has 1 aromatic rings. The van der Waals surface area contributed by atoms with Crippen LogP contribution in [0.1, 0.15) is 12.0 Å². The number of morpholine rings is 1. The number of rotatable bonds is 4. The molecule has 1 heterocycles. The number of hydrogen-bond acceptors (Lipinski definition) is 4. The van der Waals surface area contributed by atoms with Gasteiger partial charge in [-0.15, -0.1) is 0 Å². The van der Waals surface area contributed by atoms with Crippen molar-refractivity contribution in [3.05, 3.63) is 22.2 Å². The molecule has 1 aromatic carbocycles. The van der Waals surface area contributed by atoms with Crippen molar-refractivity contribution in [3.63, 3.8) is 0 Å². The second kappa shape index (κ2) is 6.41. The van der Waals surface area contributed by atoms with Crippen LogP contribution in [0.5, 0.6) is 11.5 Å². The number of aromatic hydroxyl groups is 2. The first-order valence-electron chi connectivity index (χ1n) is 6.18. The minimum atomic E-state index is 0.175. The Bertz CT molecular complexity index is 405. The average molecular weight is 316 g/mol. The van der Waals surface area contributed by atoms with Crippen molar-refractivity contribution in [3.8, 4) is 11.5 Å². The van der Waals surface area contributed by atoms with Crippen LogP contribution in [0, 0.1) is 0 Å². The highest BCUT2D eigenvalue weighted by Gasteiger charge is 2.13. The molecule has 1 fully saturated rings. The molecule has 18 heavy (non-hydrogen) atoms. The van der Waals surface area contributed by atoms with Crippen LogP contribution in [-0.4, -0.2) is 48.0 Å². The normalized spacial score (nSPS) is 16.9. The minimum Gasteiger partial charge on any atom is -0.508 e. The summed E-state index contributed by atoms with van der Waals surface area (Å²) in [5.41, 5.74) is 0.781. The summed E-state index contributed by atoms with van der Waals surface area (Å²) in [6.45, 7) is 4.56. The first-order valence-corrected chi connectivity index (χ1v) is 6.97. The molecule has 0 unspecified atom stereocenters. The summed E-state index contributed by atoms with van der Waals surface area (Å²) >= 11 is 3.31. The first kappa shape index (κ1) is 13.6. The fraction of sp³-hybridized carbons (Fsp3) is 0.538. The van der Waals surface area contributed by atoms with Crippen molar-refractivity contribution < 1.29 is 14.9 Å². The van der Waals surface area contributed by atoms with Gasteiger partial charge in [0.1, 0.15) is 11.5 Å². The summed E-state index contributed by atoms with van der Waals surface area (Å²) in [5.74, 6) is 0.413. The van der Waals surface area contributed by atoms with E-state index >= 15 is 0 Å². The Morgan fingerprint density at radius 2 is 1.83 bits per heavy atom. The number of phenols is 2. The Morgan fingerprint density at radius 1 is 1.17 bits per heavy atom. The zero-order valence-electron chi connectivity index (χ0n) is 10.2. The summed E-state index contributed by atoms with van der Waals surface area (Å²) in [5, 5.41) is 19.4. The quantitative estimate of drug-likeness (QED) is 0.836. The molecule has 2 rings (SSSR count). The molecule has 0 aliphatic carbocycles. The molecular formula is C13H18BrNO3. The molecule has 5 heteroatoms. The SMILES string of the molecule is Oc1ccc(O)c(CCCN2CCOCC2)c1Br. The molecule has 0 spiro atoms. The molecule has 100 valence electrons. The lowest BCUT2D eigenvalue weighted by Gasteiger charge is -2.26. The predicted molar refractivity (Wildman–Crippen MR) is 73.1 cm³/mol. The second-order valence-electron chi connectivity index (χ2n) is 4.45. The number of halogens is 1. The topological polar surface area (TPSA) is 52.9 Å². The maximum atomic E-state index is 9.78. The van der Waals surface area contributed by atoms with E-state index in [1.807, 2.05) is 0 Å². The van der Waals surface area contributed by atoms with Crippen LogP contribution in [0.2, 0.25) is 0 Å². The Kier molecular flexibility index (Phi) is 4.86. The Hall–Kier alpha value is -0.780. The second-order valence-corrected chi connectivity index (χ2v) is 5.25. The predicted octanol–water partition coefficient (Wildman–Crippen LogP) is 2.13. The lowest BCUT2D eigenvalue weighted by Crippen LogP contribution is -2.36. The van der Waals surface area contributed by atoms with Gasteiger partial charge in [-0.2, -0.15) is 0 Å². The maximum Gasteiger partial charge on any atom is 0.130 e. The van der Waals surface area contributed by atoms with Gasteiger partial charge in [0.2, 0.25) is 0 Å². The van der Waals surface area contributed by atoms with Crippen LogP contribution in [0.4, 0.5) is 0 Å². The molecular weight excluding hydrogens is 298 g/mol. The number of nitrogens with zero attached hydrogens (tertiary/aromatic N) is 1. The smallest absolute Gasteiger partial charge is 0.130 e. The molecule has 4 nitrogen and oxygen atoms in total. The van der Waals surface area contributed by atoms with Crippen molar-refractivity contribution >= 4 is 15.9 Å². The van der Waals surface area contributed by atoms with Crippen LogP contribution in [0.15, 0.2) is 16.6 Å². The van der Waals surface area contributed by atoms with Crippen molar-refractivity contribution in [2.24, 2.45) is 0 Å². The van der Waals surface area contributed by atoms with Crippen LogP contribution < -0.4 is 0 Å². The summed E-state index contributed by atoms with van der Waals surface area (Å²) in [6, 6.07) is 3.02. The van der Waals surface area contributed by atoms with Gasteiger partial charge in [0.05, 0.1) is 17.7 Å². The van der Waals surface area contributed by atoms with E-state index in [2.05, 4.69) is 20.8 Å². The van der Waals surface area contributed by atoms with E-state index in [0.29, 0.717) is 4.47 Å². The van der Waals surface area contributed by atoms with Gasteiger partial charge in [-0.05, 0) is 47.4 Å². The summed E-state index contributed by atoms with van der Waals surface area (Å²) in [7, 11) is 0. The molecule has 0 atom stereocenters. The lowest BCUT2D eigenvalue weighted by molar-refractivity contribution is 0.0374. The Morgan fingerprint density at radius 3 is 2.56 bits per heavy atom. The third kappa shape index (κ3) is 3.37. The molecule has 0 saturated carbocycles. The molecule has 0 aromatic heterocycles. The molecule has 2 N–H and O–H groups in total. The summed E-state index contributed by atoms with van der Waals surface area (Å²) in [4.78, 5) is 2.36. The van der Waals surface area contributed by atoms with E-state index in [4.69, 9.17) is 4.74 Å². The molecule has 0 amide bonds. The third-order valence-corrected chi connectivity index (χ3v) is 4.09. The highest BCUT2D eigenvalue weighted by atomic mass is 79.9. The Labute approximate surface area is 115 Å². The monoisotopic (exact) mass is 315 g/mol.